The summed E-state index contributed by atoms with van der Waals surface area (Å²) in [5, 5.41) is 0. The first-order chi connectivity index (χ1) is 29.0. The van der Waals surface area contributed by atoms with Crippen LogP contribution >= 0.6 is 0 Å². The Morgan fingerprint density at radius 1 is 0.458 bits per heavy atom. The lowest BCUT2D eigenvalue weighted by atomic mass is 9.60. The van der Waals surface area contributed by atoms with E-state index in [4.69, 9.17) is 19.7 Å². The van der Waals surface area contributed by atoms with E-state index in [1.165, 1.54) is 50.1 Å². The van der Waals surface area contributed by atoms with Crippen LogP contribution in [0.4, 0.5) is 0 Å². The Hall–Kier alpha value is -7.17. The third-order valence-electron chi connectivity index (χ3n) is 13.2. The van der Waals surface area contributed by atoms with Crippen molar-refractivity contribution >= 4 is 0 Å². The van der Waals surface area contributed by atoms with Gasteiger partial charge in [0.15, 0.2) is 17.5 Å². The minimum atomic E-state index is -0.377. The second-order valence-corrected chi connectivity index (χ2v) is 16.7. The maximum absolute atomic E-state index is 6.76. The lowest BCUT2D eigenvalue weighted by molar-refractivity contribution is 0.253. The highest BCUT2D eigenvalue weighted by Crippen LogP contribution is 2.63. The molecule has 1 unspecified atom stereocenters. The zero-order valence-corrected chi connectivity index (χ0v) is 32.9. The summed E-state index contributed by atoms with van der Waals surface area (Å²) in [6.07, 6.45) is 7.49. The van der Waals surface area contributed by atoms with Crippen LogP contribution in [0.3, 0.4) is 0 Å². The molecule has 0 amide bonds. The summed E-state index contributed by atoms with van der Waals surface area (Å²) >= 11 is 0. The number of aromatic nitrogens is 3. The summed E-state index contributed by atoms with van der Waals surface area (Å²) in [6.45, 7) is 4.61. The number of benzene rings is 7. The lowest BCUT2D eigenvalue weighted by Gasteiger charge is -2.46. The molecule has 0 radical (unpaired) electrons. The summed E-state index contributed by atoms with van der Waals surface area (Å²) in [5.41, 5.74) is 16.4. The molecule has 0 saturated heterocycles. The van der Waals surface area contributed by atoms with Crippen LogP contribution in [0, 0.1) is 5.92 Å². The van der Waals surface area contributed by atoms with Crippen LogP contribution in [-0.2, 0) is 10.8 Å². The van der Waals surface area contributed by atoms with E-state index in [1.54, 1.807) is 0 Å². The van der Waals surface area contributed by atoms with Gasteiger partial charge in [0.2, 0.25) is 0 Å². The van der Waals surface area contributed by atoms with Crippen molar-refractivity contribution in [3.63, 3.8) is 0 Å². The molecular weight excluding hydrogens is 719 g/mol. The lowest BCUT2D eigenvalue weighted by Crippen LogP contribution is -2.42. The summed E-state index contributed by atoms with van der Waals surface area (Å²) < 4.78 is 6.76. The Balaban J connectivity index is 0.964. The van der Waals surface area contributed by atoms with Gasteiger partial charge in [-0.2, -0.15) is 0 Å². The molecule has 1 atom stereocenters. The molecule has 4 heteroatoms. The second-order valence-electron chi connectivity index (χ2n) is 16.7. The molecule has 0 bridgehead atoms. The van der Waals surface area contributed by atoms with Gasteiger partial charge in [0.1, 0.15) is 11.5 Å². The van der Waals surface area contributed by atoms with Gasteiger partial charge >= 0.3 is 0 Å². The SMILES string of the molecule is CC1(C)c2ccccc2-c2ccc(-c3nc(-c4ccccc4)nc(-c4ccc(-c5ccc6c(c5)C5(c7ccccc7-c7ccccc75)C5CC=CC=C5O6)cc4)n3)cc21. The zero-order chi connectivity index (χ0) is 39.3. The number of hydrogen-bond acceptors (Lipinski definition) is 4. The molecule has 1 aliphatic heterocycles. The van der Waals surface area contributed by atoms with Crippen LogP contribution in [0.5, 0.6) is 5.75 Å². The van der Waals surface area contributed by atoms with Gasteiger partial charge in [0.25, 0.3) is 0 Å². The first-order valence-corrected chi connectivity index (χ1v) is 20.5. The fourth-order valence-electron chi connectivity index (χ4n) is 10.5. The molecule has 2 heterocycles. The van der Waals surface area contributed by atoms with E-state index < -0.39 is 0 Å². The van der Waals surface area contributed by atoms with Crippen molar-refractivity contribution in [2.24, 2.45) is 5.92 Å². The van der Waals surface area contributed by atoms with Gasteiger partial charge in [-0.05, 0) is 86.3 Å². The third kappa shape index (κ3) is 4.93. The van der Waals surface area contributed by atoms with Gasteiger partial charge in [-0.15, -0.1) is 0 Å². The van der Waals surface area contributed by atoms with Crippen molar-refractivity contribution in [2.45, 2.75) is 31.1 Å². The molecule has 7 aromatic carbocycles. The smallest absolute Gasteiger partial charge is 0.164 e. The predicted molar refractivity (Wildman–Crippen MR) is 237 cm³/mol. The van der Waals surface area contributed by atoms with Crippen molar-refractivity contribution in [2.75, 3.05) is 0 Å². The van der Waals surface area contributed by atoms with Crippen LogP contribution < -0.4 is 4.74 Å². The van der Waals surface area contributed by atoms with Gasteiger partial charge in [0, 0.05) is 33.6 Å². The predicted octanol–water partition coefficient (Wildman–Crippen LogP) is 13.0. The van der Waals surface area contributed by atoms with Crippen LogP contribution in [0.25, 0.3) is 67.5 Å². The number of hydrogen-bond donors (Lipinski definition) is 0. The van der Waals surface area contributed by atoms with Crippen LogP contribution in [-0.4, -0.2) is 15.0 Å². The highest BCUT2D eigenvalue weighted by Gasteiger charge is 2.55. The molecule has 0 saturated carbocycles. The number of nitrogens with zero attached hydrogens (tertiary/aromatic N) is 3. The van der Waals surface area contributed by atoms with Crippen molar-refractivity contribution < 1.29 is 4.74 Å². The first-order valence-electron chi connectivity index (χ1n) is 20.5. The fraction of sp³-hybridized carbons (Fsp3) is 0.109. The van der Waals surface area contributed by atoms with Crippen LogP contribution in [0.1, 0.15) is 48.1 Å². The Kier molecular flexibility index (Phi) is 7.28. The Bertz CT molecular complexity index is 3040. The van der Waals surface area contributed by atoms with E-state index in [0.29, 0.717) is 17.5 Å². The van der Waals surface area contributed by atoms with Crippen molar-refractivity contribution in [1.29, 1.82) is 0 Å². The quantitative estimate of drug-likeness (QED) is 0.179. The average molecular weight is 758 g/mol. The molecule has 0 fully saturated rings. The molecule has 59 heavy (non-hydrogen) atoms. The van der Waals surface area contributed by atoms with E-state index >= 15 is 0 Å². The monoisotopic (exact) mass is 757 g/mol. The van der Waals surface area contributed by atoms with Crippen molar-refractivity contribution in [3.05, 3.63) is 216 Å². The molecule has 1 aromatic heterocycles. The van der Waals surface area contributed by atoms with Gasteiger partial charge in [-0.3, -0.25) is 0 Å². The maximum Gasteiger partial charge on any atom is 0.164 e. The van der Waals surface area contributed by atoms with Gasteiger partial charge in [0.05, 0.1) is 5.41 Å². The highest BCUT2D eigenvalue weighted by molar-refractivity contribution is 5.87. The highest BCUT2D eigenvalue weighted by atomic mass is 16.5. The molecule has 0 N–H and O–H groups in total. The van der Waals surface area contributed by atoms with E-state index in [-0.39, 0.29) is 16.7 Å². The molecule has 280 valence electrons. The summed E-state index contributed by atoms with van der Waals surface area (Å²) in [7, 11) is 0. The normalized spacial score (nSPS) is 16.8. The first kappa shape index (κ1) is 33.9. The fourth-order valence-corrected chi connectivity index (χ4v) is 10.5. The number of fused-ring (bicyclic) bond motifs is 12. The topological polar surface area (TPSA) is 47.9 Å². The van der Waals surface area contributed by atoms with E-state index in [9.17, 15) is 0 Å². The maximum atomic E-state index is 6.76. The molecule has 8 aromatic rings. The summed E-state index contributed by atoms with van der Waals surface area (Å²) in [6, 6.07) is 58.9. The largest absolute Gasteiger partial charge is 0.461 e. The summed E-state index contributed by atoms with van der Waals surface area (Å²) in [5.74, 6) is 4.05. The van der Waals surface area contributed by atoms with Crippen molar-refractivity contribution in [1.82, 2.24) is 15.0 Å². The Morgan fingerprint density at radius 3 is 1.66 bits per heavy atom. The van der Waals surface area contributed by atoms with Crippen molar-refractivity contribution in [3.8, 4) is 73.3 Å². The Morgan fingerprint density at radius 2 is 0.966 bits per heavy atom. The minimum Gasteiger partial charge on any atom is -0.461 e. The second kappa shape index (κ2) is 12.7. The average Bonchev–Trinajstić information content (AvgIpc) is 3.72. The van der Waals surface area contributed by atoms with Crippen LogP contribution in [0.2, 0.25) is 0 Å². The van der Waals surface area contributed by atoms with E-state index in [2.05, 4.69) is 178 Å². The van der Waals surface area contributed by atoms with E-state index in [1.807, 2.05) is 18.2 Å². The zero-order valence-electron chi connectivity index (χ0n) is 32.9. The molecule has 4 aliphatic rings. The molecule has 1 spiro atoms. The standard InChI is InChI=1S/C55H39N3O/c1-54(2)43-19-9-6-16-39(43)42-30-28-38(33-47(42)54)53-57-51(35-14-4-3-5-15-35)56-52(58-53)36-26-24-34(25-27-36)37-29-31-50-48(32-37)55(46-22-12-13-23-49(46)59-50)44-20-10-7-17-40(44)41-18-8-11-21-45(41)55/h3-21,23-33,46H,22H2,1-2H3. The molecular formula is C55H39N3O. The third-order valence-corrected chi connectivity index (χ3v) is 13.2. The number of ether oxygens (including phenoxy) is 1. The minimum absolute atomic E-state index is 0.130. The van der Waals surface area contributed by atoms with Gasteiger partial charge in [-0.1, -0.05) is 172 Å². The van der Waals surface area contributed by atoms with E-state index in [0.717, 1.165) is 45.7 Å². The molecule has 12 rings (SSSR count). The molecule has 3 aliphatic carbocycles. The van der Waals surface area contributed by atoms with Gasteiger partial charge in [-0.25, -0.2) is 15.0 Å². The Labute approximate surface area is 344 Å². The van der Waals surface area contributed by atoms with Crippen LogP contribution in [0.15, 0.2) is 188 Å². The number of allylic oxidation sites excluding steroid dienone is 4. The van der Waals surface area contributed by atoms with Gasteiger partial charge < -0.3 is 4.74 Å². The summed E-state index contributed by atoms with van der Waals surface area (Å²) in [4.78, 5) is 15.3. The molecule has 4 nitrogen and oxygen atoms in total. The number of rotatable bonds is 4.